The first kappa shape index (κ1) is 29.3. The highest BCUT2D eigenvalue weighted by Crippen LogP contribution is 2.21. The molecule has 0 unspecified atom stereocenters. The molecule has 0 radical (unpaired) electrons. The van der Waals surface area contributed by atoms with E-state index in [0.29, 0.717) is 43.0 Å². The number of nitrogens with one attached hydrogen (secondary N) is 4. The number of carbonyl (C=O) groups excluding carboxylic acids is 3. The third kappa shape index (κ3) is 8.36. The van der Waals surface area contributed by atoms with Crippen molar-refractivity contribution in [3.63, 3.8) is 0 Å². The lowest BCUT2D eigenvalue weighted by Gasteiger charge is -2.35. The quantitative estimate of drug-likeness (QED) is 0.406. The summed E-state index contributed by atoms with van der Waals surface area (Å²) in [5.74, 6) is -1.13. The summed E-state index contributed by atoms with van der Waals surface area (Å²) in [7, 11) is 0. The number of halogens is 1. The Morgan fingerprint density at radius 1 is 1.03 bits per heavy atom. The molecule has 0 aliphatic carbocycles. The van der Waals surface area contributed by atoms with Crippen LogP contribution in [0.3, 0.4) is 0 Å². The largest absolute Gasteiger partial charge is 0.347 e. The van der Waals surface area contributed by atoms with Crippen LogP contribution < -0.4 is 21.3 Å². The molecule has 0 bridgehead atoms. The van der Waals surface area contributed by atoms with E-state index >= 15 is 4.39 Å². The van der Waals surface area contributed by atoms with Gasteiger partial charge >= 0.3 is 6.03 Å². The van der Waals surface area contributed by atoms with Gasteiger partial charge in [0.1, 0.15) is 5.82 Å². The standard InChI is InChI=1S/C29H40FN5O3/c1-28(2,3)18-32-27(38)33-21-12-10-19(11-13-21)25(36)23-16-31-14-15-35(23)17-20-8-7-9-22(24(20)30)26(37)34-29(4,5)6/h7-13,23,31H,14-18H2,1-6H3,(H,34,37)(H2,32,33,38)/t23-/m1/s1. The zero-order valence-electron chi connectivity index (χ0n) is 23.2. The van der Waals surface area contributed by atoms with E-state index in [4.69, 9.17) is 0 Å². The summed E-state index contributed by atoms with van der Waals surface area (Å²) in [4.78, 5) is 40.1. The summed E-state index contributed by atoms with van der Waals surface area (Å²) in [5, 5.41) is 11.7. The van der Waals surface area contributed by atoms with Crippen molar-refractivity contribution in [2.24, 2.45) is 5.41 Å². The SMILES string of the molecule is CC(C)(C)CNC(=O)Nc1ccc(C(=O)[C@H]2CNCCN2Cc2cccc(C(=O)NC(C)(C)C)c2F)cc1. The number of piperazine rings is 1. The Kier molecular flexibility index (Phi) is 9.27. The Morgan fingerprint density at radius 3 is 2.34 bits per heavy atom. The number of nitrogens with zero attached hydrogens (tertiary/aromatic N) is 1. The van der Waals surface area contributed by atoms with Gasteiger partial charge in [0, 0.05) is 55.1 Å². The van der Waals surface area contributed by atoms with Gasteiger partial charge in [-0.05, 0) is 56.5 Å². The maximum atomic E-state index is 15.3. The summed E-state index contributed by atoms with van der Waals surface area (Å²) in [6.45, 7) is 14.0. The molecule has 1 fully saturated rings. The van der Waals surface area contributed by atoms with Crippen LogP contribution in [-0.2, 0) is 6.54 Å². The number of rotatable bonds is 7. The van der Waals surface area contributed by atoms with Crippen molar-refractivity contribution in [3.05, 3.63) is 65.0 Å². The summed E-state index contributed by atoms with van der Waals surface area (Å²) in [6, 6.07) is 10.8. The molecule has 9 heteroatoms. The van der Waals surface area contributed by atoms with Crippen molar-refractivity contribution in [1.29, 1.82) is 0 Å². The predicted octanol–water partition coefficient (Wildman–Crippen LogP) is 4.18. The average Bonchev–Trinajstić information content (AvgIpc) is 2.83. The maximum Gasteiger partial charge on any atom is 0.319 e. The van der Waals surface area contributed by atoms with Crippen molar-refractivity contribution < 1.29 is 18.8 Å². The van der Waals surface area contributed by atoms with Crippen LogP contribution in [0.2, 0.25) is 0 Å². The summed E-state index contributed by atoms with van der Waals surface area (Å²) < 4.78 is 15.3. The third-order valence-electron chi connectivity index (χ3n) is 6.05. The van der Waals surface area contributed by atoms with E-state index in [1.165, 1.54) is 6.07 Å². The molecule has 0 aromatic heterocycles. The van der Waals surface area contributed by atoms with Gasteiger partial charge in [-0.3, -0.25) is 14.5 Å². The fourth-order valence-corrected chi connectivity index (χ4v) is 4.13. The number of carbonyl (C=O) groups is 3. The molecular formula is C29H40FN5O3. The smallest absolute Gasteiger partial charge is 0.319 e. The zero-order valence-corrected chi connectivity index (χ0v) is 23.2. The van der Waals surface area contributed by atoms with E-state index in [1.54, 1.807) is 36.4 Å². The lowest BCUT2D eigenvalue weighted by molar-refractivity contribution is 0.0754. The van der Waals surface area contributed by atoms with E-state index in [1.807, 2.05) is 46.4 Å². The monoisotopic (exact) mass is 525 g/mol. The van der Waals surface area contributed by atoms with Crippen molar-refractivity contribution in [2.45, 2.75) is 59.7 Å². The second-order valence-corrected chi connectivity index (χ2v) is 12.0. The van der Waals surface area contributed by atoms with Gasteiger partial charge in [-0.1, -0.05) is 32.9 Å². The summed E-state index contributed by atoms with van der Waals surface area (Å²) in [6.07, 6.45) is 0. The number of anilines is 1. The number of benzene rings is 2. The fourth-order valence-electron chi connectivity index (χ4n) is 4.13. The van der Waals surface area contributed by atoms with Gasteiger partial charge in [0.15, 0.2) is 5.78 Å². The summed E-state index contributed by atoms with van der Waals surface area (Å²) >= 11 is 0. The van der Waals surface area contributed by atoms with Crippen molar-refractivity contribution >= 4 is 23.4 Å². The molecule has 0 saturated carbocycles. The number of Topliss-reactive ketones (excluding diaryl/α,β-unsaturated/α-hetero) is 1. The molecule has 1 saturated heterocycles. The molecule has 3 rings (SSSR count). The average molecular weight is 526 g/mol. The minimum atomic E-state index is -0.570. The van der Waals surface area contributed by atoms with Crippen LogP contribution in [0.25, 0.3) is 0 Å². The van der Waals surface area contributed by atoms with Gasteiger partial charge in [-0.2, -0.15) is 0 Å². The highest BCUT2D eigenvalue weighted by molar-refractivity contribution is 6.01. The van der Waals surface area contributed by atoms with Gasteiger partial charge in [-0.15, -0.1) is 0 Å². The van der Waals surface area contributed by atoms with E-state index in [-0.39, 0.29) is 29.3 Å². The lowest BCUT2D eigenvalue weighted by Crippen LogP contribution is -2.54. The van der Waals surface area contributed by atoms with Gasteiger partial charge in [0.2, 0.25) is 0 Å². The van der Waals surface area contributed by atoms with E-state index in [0.717, 1.165) is 0 Å². The van der Waals surface area contributed by atoms with Gasteiger partial charge in [-0.25, -0.2) is 9.18 Å². The Bertz CT molecular complexity index is 1150. The Morgan fingerprint density at radius 2 is 1.71 bits per heavy atom. The maximum absolute atomic E-state index is 15.3. The van der Waals surface area contributed by atoms with Crippen LogP contribution in [0.5, 0.6) is 0 Å². The van der Waals surface area contributed by atoms with Crippen LogP contribution >= 0.6 is 0 Å². The molecule has 0 spiro atoms. The van der Waals surface area contributed by atoms with Crippen molar-refractivity contribution in [3.8, 4) is 0 Å². The predicted molar refractivity (Wildman–Crippen MR) is 148 cm³/mol. The van der Waals surface area contributed by atoms with Gasteiger partial charge < -0.3 is 21.3 Å². The molecule has 38 heavy (non-hydrogen) atoms. The molecule has 1 atom stereocenters. The topological polar surface area (TPSA) is 103 Å². The first-order valence-corrected chi connectivity index (χ1v) is 13.0. The minimum Gasteiger partial charge on any atom is -0.347 e. The van der Waals surface area contributed by atoms with Gasteiger partial charge in [0.05, 0.1) is 11.6 Å². The third-order valence-corrected chi connectivity index (χ3v) is 6.05. The van der Waals surface area contributed by atoms with Crippen molar-refractivity contribution in [2.75, 3.05) is 31.5 Å². The van der Waals surface area contributed by atoms with Crippen LogP contribution in [-0.4, -0.2) is 60.4 Å². The molecule has 4 N–H and O–H groups in total. The fraction of sp³-hybridized carbons (Fsp3) is 0.483. The number of amides is 3. The van der Waals surface area contributed by atoms with E-state index in [2.05, 4.69) is 21.3 Å². The number of hydrogen-bond donors (Lipinski definition) is 4. The number of urea groups is 1. The highest BCUT2D eigenvalue weighted by Gasteiger charge is 2.30. The Balaban J connectivity index is 1.70. The molecular weight excluding hydrogens is 485 g/mol. The molecule has 8 nitrogen and oxygen atoms in total. The molecule has 1 aliphatic rings. The number of ketones is 1. The van der Waals surface area contributed by atoms with Crippen LogP contribution in [0.1, 0.15) is 67.8 Å². The normalized spacial score (nSPS) is 16.6. The second-order valence-electron chi connectivity index (χ2n) is 12.0. The molecule has 206 valence electrons. The Labute approximate surface area is 224 Å². The lowest BCUT2D eigenvalue weighted by atomic mass is 9.97. The Hall–Kier alpha value is -3.30. The van der Waals surface area contributed by atoms with Crippen LogP contribution in [0.4, 0.5) is 14.9 Å². The zero-order chi connectivity index (χ0) is 28.1. The van der Waals surface area contributed by atoms with Crippen LogP contribution in [0.15, 0.2) is 42.5 Å². The molecule has 1 aliphatic heterocycles. The first-order valence-electron chi connectivity index (χ1n) is 13.0. The van der Waals surface area contributed by atoms with E-state index in [9.17, 15) is 14.4 Å². The summed E-state index contributed by atoms with van der Waals surface area (Å²) in [5.41, 5.74) is 0.923. The van der Waals surface area contributed by atoms with Crippen molar-refractivity contribution in [1.82, 2.24) is 20.9 Å². The minimum absolute atomic E-state index is 0.00920. The van der Waals surface area contributed by atoms with E-state index < -0.39 is 23.3 Å². The first-order chi connectivity index (χ1) is 17.7. The molecule has 2 aromatic rings. The van der Waals surface area contributed by atoms with Crippen LogP contribution in [0, 0.1) is 11.2 Å². The second kappa shape index (κ2) is 12.0. The number of hydrogen-bond acceptors (Lipinski definition) is 5. The highest BCUT2D eigenvalue weighted by atomic mass is 19.1. The molecule has 1 heterocycles. The van der Waals surface area contributed by atoms with Gasteiger partial charge in [0.25, 0.3) is 5.91 Å². The molecule has 3 amide bonds. The molecule has 2 aromatic carbocycles.